The van der Waals surface area contributed by atoms with Crippen LogP contribution in [0.2, 0.25) is 0 Å². The number of amides is 1. The Morgan fingerprint density at radius 3 is 2.62 bits per heavy atom. The highest BCUT2D eigenvalue weighted by atomic mass is 16.5. The van der Waals surface area contributed by atoms with Crippen LogP contribution in [0.1, 0.15) is 12.0 Å². The summed E-state index contributed by atoms with van der Waals surface area (Å²) in [5.41, 5.74) is 1.76. The van der Waals surface area contributed by atoms with Crippen molar-refractivity contribution in [2.75, 3.05) is 25.2 Å². The molecule has 1 amide bonds. The van der Waals surface area contributed by atoms with Gasteiger partial charge in [0, 0.05) is 6.54 Å². The van der Waals surface area contributed by atoms with E-state index >= 15 is 0 Å². The Morgan fingerprint density at radius 1 is 1.12 bits per heavy atom. The van der Waals surface area contributed by atoms with Gasteiger partial charge >= 0.3 is 5.97 Å². The number of hydrogen-bond donors (Lipinski definition) is 0. The summed E-state index contributed by atoms with van der Waals surface area (Å²) in [6, 6.07) is 17.1. The van der Waals surface area contributed by atoms with Crippen molar-refractivity contribution in [3.8, 4) is 5.75 Å². The highest BCUT2D eigenvalue weighted by Crippen LogP contribution is 2.34. The number of fused-ring (bicyclic) bond motifs is 1. The second kappa shape index (κ2) is 8.49. The van der Waals surface area contributed by atoms with E-state index < -0.39 is 12.1 Å². The van der Waals surface area contributed by atoms with E-state index in [1.807, 2.05) is 48.5 Å². The number of methoxy groups -OCH3 is 1. The monoisotopic (exact) mass is 355 g/mol. The Balaban J connectivity index is 1.65. The number of carbonyl (C=O) groups excluding carboxylic acids is 2. The largest absolute Gasteiger partial charge is 0.478 e. The van der Waals surface area contributed by atoms with Crippen LogP contribution < -0.4 is 9.64 Å². The molecule has 6 nitrogen and oxygen atoms in total. The number of hydrogen-bond acceptors (Lipinski definition) is 5. The van der Waals surface area contributed by atoms with Gasteiger partial charge in [0.2, 0.25) is 0 Å². The van der Waals surface area contributed by atoms with Crippen molar-refractivity contribution in [3.05, 3.63) is 60.2 Å². The Morgan fingerprint density at radius 2 is 1.85 bits per heavy atom. The Hall–Kier alpha value is -2.86. The molecule has 0 N–H and O–H groups in total. The van der Waals surface area contributed by atoms with Gasteiger partial charge in [0.25, 0.3) is 5.91 Å². The van der Waals surface area contributed by atoms with Gasteiger partial charge in [0.1, 0.15) is 5.75 Å². The molecule has 2 aromatic rings. The number of anilines is 1. The fourth-order valence-corrected chi connectivity index (χ4v) is 2.79. The van der Waals surface area contributed by atoms with Crippen LogP contribution >= 0.6 is 0 Å². The number of benzene rings is 2. The van der Waals surface area contributed by atoms with Crippen molar-refractivity contribution in [1.82, 2.24) is 0 Å². The van der Waals surface area contributed by atoms with Gasteiger partial charge < -0.3 is 19.1 Å². The average Bonchev–Trinajstić information content (AvgIpc) is 2.68. The van der Waals surface area contributed by atoms with Gasteiger partial charge in [-0.2, -0.15) is 0 Å². The first-order valence-electron chi connectivity index (χ1n) is 8.44. The minimum absolute atomic E-state index is 0.120. The van der Waals surface area contributed by atoms with Crippen LogP contribution in [0, 0.1) is 0 Å². The molecule has 0 saturated carbocycles. The van der Waals surface area contributed by atoms with Crippen LogP contribution in [0.15, 0.2) is 54.6 Å². The van der Waals surface area contributed by atoms with Crippen molar-refractivity contribution >= 4 is 17.6 Å². The predicted octanol–water partition coefficient (Wildman–Crippen LogP) is 2.56. The Kier molecular flexibility index (Phi) is 5.86. The molecule has 1 atom stereocenters. The third kappa shape index (κ3) is 4.21. The van der Waals surface area contributed by atoms with Crippen LogP contribution in [0.5, 0.6) is 5.75 Å². The Labute approximate surface area is 152 Å². The van der Waals surface area contributed by atoms with Crippen LogP contribution in [-0.2, 0) is 25.7 Å². The second-order valence-corrected chi connectivity index (χ2v) is 5.88. The molecule has 0 fully saturated rings. The molecule has 1 unspecified atom stereocenters. The molecule has 0 bridgehead atoms. The molecule has 0 aromatic heterocycles. The fraction of sp³-hybridized carbons (Fsp3) is 0.300. The third-order valence-electron chi connectivity index (χ3n) is 4.12. The van der Waals surface area contributed by atoms with E-state index in [2.05, 4.69) is 4.74 Å². The fourth-order valence-electron chi connectivity index (χ4n) is 2.79. The first-order chi connectivity index (χ1) is 12.7. The van der Waals surface area contributed by atoms with Gasteiger partial charge in [-0.3, -0.25) is 9.59 Å². The van der Waals surface area contributed by atoms with Gasteiger partial charge in [-0.25, -0.2) is 0 Å². The lowest BCUT2D eigenvalue weighted by Gasteiger charge is -2.34. The van der Waals surface area contributed by atoms with Gasteiger partial charge in [-0.1, -0.05) is 42.5 Å². The number of nitrogens with zero attached hydrogens (tertiary/aromatic N) is 1. The number of rotatable bonds is 7. The zero-order valence-corrected chi connectivity index (χ0v) is 14.6. The summed E-state index contributed by atoms with van der Waals surface area (Å²) in [5, 5.41) is 0. The molecule has 0 saturated heterocycles. The maximum Gasteiger partial charge on any atom is 0.309 e. The third-order valence-corrected chi connectivity index (χ3v) is 4.12. The highest BCUT2D eigenvalue weighted by molar-refractivity contribution is 6.01. The summed E-state index contributed by atoms with van der Waals surface area (Å²) in [6.45, 7) is 1.23. The lowest BCUT2D eigenvalue weighted by molar-refractivity contribution is -0.145. The summed E-state index contributed by atoms with van der Waals surface area (Å²) < 4.78 is 16.0. The molecule has 0 radical (unpaired) electrons. The summed E-state index contributed by atoms with van der Waals surface area (Å²) in [7, 11) is 1.29. The van der Waals surface area contributed by atoms with Gasteiger partial charge in [-0.15, -0.1) is 0 Å². The van der Waals surface area contributed by atoms with Crippen LogP contribution in [0.25, 0.3) is 0 Å². The molecule has 136 valence electrons. The lowest BCUT2D eigenvalue weighted by atomic mass is 10.1. The van der Waals surface area contributed by atoms with Crippen LogP contribution in [-0.4, -0.2) is 38.2 Å². The molecular weight excluding hydrogens is 334 g/mol. The molecule has 1 aliphatic rings. The number of esters is 1. The van der Waals surface area contributed by atoms with Crippen LogP contribution in [0.3, 0.4) is 0 Å². The van der Waals surface area contributed by atoms with Crippen molar-refractivity contribution in [2.24, 2.45) is 0 Å². The van der Waals surface area contributed by atoms with E-state index in [1.54, 1.807) is 11.0 Å². The van der Waals surface area contributed by atoms with Crippen molar-refractivity contribution < 1.29 is 23.8 Å². The first kappa shape index (κ1) is 17.9. The topological polar surface area (TPSA) is 65.1 Å². The van der Waals surface area contributed by atoms with E-state index in [0.29, 0.717) is 31.2 Å². The molecule has 0 spiro atoms. The second-order valence-electron chi connectivity index (χ2n) is 5.88. The van der Waals surface area contributed by atoms with E-state index in [1.165, 1.54) is 7.11 Å². The highest BCUT2D eigenvalue weighted by Gasteiger charge is 2.35. The predicted molar refractivity (Wildman–Crippen MR) is 95.9 cm³/mol. The van der Waals surface area contributed by atoms with E-state index in [0.717, 1.165) is 5.56 Å². The van der Waals surface area contributed by atoms with E-state index in [9.17, 15) is 9.59 Å². The molecule has 1 aliphatic heterocycles. The first-order valence-corrected chi connectivity index (χ1v) is 8.44. The lowest BCUT2D eigenvalue weighted by Crippen LogP contribution is -2.48. The Bertz CT molecular complexity index is 762. The number of para-hydroxylation sites is 2. The van der Waals surface area contributed by atoms with Gasteiger partial charge in [0.15, 0.2) is 6.10 Å². The van der Waals surface area contributed by atoms with Crippen molar-refractivity contribution in [1.29, 1.82) is 0 Å². The summed E-state index contributed by atoms with van der Waals surface area (Å²) in [6.07, 6.45) is -1.00. The minimum atomic E-state index is -0.883. The van der Waals surface area contributed by atoms with Gasteiger partial charge in [-0.05, 0) is 17.7 Å². The van der Waals surface area contributed by atoms with Crippen molar-refractivity contribution in [2.45, 2.75) is 19.1 Å². The van der Waals surface area contributed by atoms with E-state index in [4.69, 9.17) is 9.47 Å². The van der Waals surface area contributed by atoms with Crippen LogP contribution in [0.4, 0.5) is 5.69 Å². The molecule has 3 rings (SSSR count). The molecule has 26 heavy (non-hydrogen) atoms. The number of ether oxygens (including phenoxy) is 3. The SMILES string of the molecule is COC(=O)CC1Oc2ccccc2N(CCOCc2ccccc2)C1=O. The molecule has 0 aliphatic carbocycles. The smallest absolute Gasteiger partial charge is 0.309 e. The summed E-state index contributed by atoms with van der Waals surface area (Å²) >= 11 is 0. The van der Waals surface area contributed by atoms with E-state index in [-0.39, 0.29) is 12.3 Å². The quantitative estimate of drug-likeness (QED) is 0.564. The molecule has 6 heteroatoms. The zero-order chi connectivity index (χ0) is 18.4. The van der Waals surface area contributed by atoms with Crippen molar-refractivity contribution in [3.63, 3.8) is 0 Å². The normalized spacial score (nSPS) is 16.0. The molecular formula is C20H21NO5. The average molecular weight is 355 g/mol. The maximum absolute atomic E-state index is 12.7. The zero-order valence-electron chi connectivity index (χ0n) is 14.6. The van der Waals surface area contributed by atoms with Gasteiger partial charge in [0.05, 0.1) is 32.4 Å². The maximum atomic E-state index is 12.7. The summed E-state index contributed by atoms with van der Waals surface area (Å²) in [4.78, 5) is 25.9. The summed E-state index contributed by atoms with van der Waals surface area (Å²) in [5.74, 6) is -0.176. The molecule has 1 heterocycles. The molecule has 2 aromatic carbocycles. The minimum Gasteiger partial charge on any atom is -0.478 e. The number of carbonyl (C=O) groups is 2. The standard InChI is InChI=1S/C20H21NO5/c1-24-19(22)13-18-20(23)21(16-9-5-6-10-17(16)26-18)11-12-25-14-15-7-3-2-4-8-15/h2-10,18H,11-14H2,1H3.